The van der Waals surface area contributed by atoms with E-state index in [2.05, 4.69) is 28.5 Å². The fourth-order valence-electron chi connectivity index (χ4n) is 3.62. The van der Waals surface area contributed by atoms with E-state index in [4.69, 9.17) is 14.0 Å². The van der Waals surface area contributed by atoms with Crippen LogP contribution in [0.3, 0.4) is 0 Å². The van der Waals surface area contributed by atoms with Gasteiger partial charge in [0.05, 0.1) is 24.8 Å². The second-order valence-corrected chi connectivity index (χ2v) is 8.01. The highest BCUT2D eigenvalue weighted by atomic mass is 16.5. The van der Waals surface area contributed by atoms with E-state index in [1.165, 1.54) is 0 Å². The van der Waals surface area contributed by atoms with Gasteiger partial charge in [0, 0.05) is 17.7 Å². The van der Waals surface area contributed by atoms with E-state index < -0.39 is 0 Å². The topological polar surface area (TPSA) is 110 Å². The molecular weight excluding hydrogens is 432 g/mol. The third-order valence-corrected chi connectivity index (χ3v) is 5.04. The SMILES string of the molecule is CCCc1c(CNCC(=O)OCC)cccc1-c1noc(-c2ccc(OC(C)C)c(C#N)c2)n1. The summed E-state index contributed by atoms with van der Waals surface area (Å²) in [4.78, 5) is 16.3. The van der Waals surface area contributed by atoms with E-state index >= 15 is 0 Å². The van der Waals surface area contributed by atoms with Gasteiger partial charge >= 0.3 is 5.97 Å². The van der Waals surface area contributed by atoms with Crippen molar-refractivity contribution in [2.75, 3.05) is 13.2 Å². The fourth-order valence-corrected chi connectivity index (χ4v) is 3.62. The zero-order chi connectivity index (χ0) is 24.5. The van der Waals surface area contributed by atoms with Gasteiger partial charge in [0.2, 0.25) is 5.82 Å². The van der Waals surface area contributed by atoms with Crippen molar-refractivity contribution in [2.24, 2.45) is 0 Å². The largest absolute Gasteiger partial charge is 0.490 e. The van der Waals surface area contributed by atoms with E-state index in [9.17, 15) is 10.1 Å². The molecule has 0 aliphatic heterocycles. The zero-order valence-electron chi connectivity index (χ0n) is 20.1. The number of esters is 1. The number of hydrogen-bond acceptors (Lipinski definition) is 8. The molecule has 3 rings (SSSR count). The van der Waals surface area contributed by atoms with Crippen LogP contribution in [0.25, 0.3) is 22.8 Å². The average Bonchev–Trinajstić information content (AvgIpc) is 3.30. The molecule has 0 unspecified atom stereocenters. The van der Waals surface area contributed by atoms with Crippen molar-refractivity contribution in [3.63, 3.8) is 0 Å². The van der Waals surface area contributed by atoms with Crippen molar-refractivity contribution in [1.29, 1.82) is 5.26 Å². The Morgan fingerprint density at radius 2 is 2.06 bits per heavy atom. The van der Waals surface area contributed by atoms with Crippen LogP contribution in [0.2, 0.25) is 0 Å². The second kappa shape index (κ2) is 12.0. The van der Waals surface area contributed by atoms with Gasteiger partial charge in [-0.3, -0.25) is 4.79 Å². The van der Waals surface area contributed by atoms with Gasteiger partial charge < -0.3 is 19.3 Å². The maximum Gasteiger partial charge on any atom is 0.319 e. The van der Waals surface area contributed by atoms with E-state index in [-0.39, 0.29) is 18.6 Å². The lowest BCUT2D eigenvalue weighted by molar-refractivity contribution is -0.142. The van der Waals surface area contributed by atoms with Crippen LogP contribution in [0.5, 0.6) is 5.75 Å². The predicted molar refractivity (Wildman–Crippen MR) is 128 cm³/mol. The molecule has 8 nitrogen and oxygen atoms in total. The van der Waals surface area contributed by atoms with Crippen LogP contribution in [-0.4, -0.2) is 35.4 Å². The molecule has 0 spiro atoms. The third kappa shape index (κ3) is 6.21. The molecule has 1 aromatic heterocycles. The predicted octanol–water partition coefficient (Wildman–Crippen LogP) is 4.67. The summed E-state index contributed by atoms with van der Waals surface area (Å²) in [6, 6.07) is 13.3. The van der Waals surface area contributed by atoms with Gasteiger partial charge in [-0.05, 0) is 56.5 Å². The van der Waals surface area contributed by atoms with Gasteiger partial charge in [-0.25, -0.2) is 0 Å². The quantitative estimate of drug-likeness (QED) is 0.409. The summed E-state index contributed by atoms with van der Waals surface area (Å²) in [6.07, 6.45) is 1.73. The maximum atomic E-state index is 11.6. The van der Waals surface area contributed by atoms with E-state index in [0.717, 1.165) is 29.5 Å². The number of hydrogen-bond donors (Lipinski definition) is 1. The summed E-state index contributed by atoms with van der Waals surface area (Å²) in [5.74, 6) is 1.05. The maximum absolute atomic E-state index is 11.6. The summed E-state index contributed by atoms with van der Waals surface area (Å²) < 4.78 is 16.2. The minimum absolute atomic E-state index is 0.0380. The Morgan fingerprint density at radius 3 is 2.76 bits per heavy atom. The average molecular weight is 463 g/mol. The van der Waals surface area contributed by atoms with E-state index in [1.54, 1.807) is 25.1 Å². The number of nitrogens with one attached hydrogen (secondary N) is 1. The number of ether oxygens (including phenoxy) is 2. The Hall–Kier alpha value is -3.70. The summed E-state index contributed by atoms with van der Waals surface area (Å²) in [6.45, 7) is 8.75. The van der Waals surface area contributed by atoms with Crippen molar-refractivity contribution in [3.8, 4) is 34.7 Å². The first-order valence-corrected chi connectivity index (χ1v) is 11.5. The first kappa shape index (κ1) is 24.9. The lowest BCUT2D eigenvalue weighted by Gasteiger charge is -2.13. The first-order chi connectivity index (χ1) is 16.5. The molecular formula is C26H30N4O4. The van der Waals surface area contributed by atoms with E-state index in [1.807, 2.05) is 32.0 Å². The highest BCUT2D eigenvalue weighted by molar-refractivity contribution is 5.71. The first-order valence-electron chi connectivity index (χ1n) is 11.5. The number of carbonyl (C=O) groups excluding carboxylic acids is 1. The van der Waals surface area contributed by atoms with Crippen molar-refractivity contribution < 1.29 is 18.8 Å². The Labute approximate surface area is 199 Å². The number of rotatable bonds is 11. The molecule has 178 valence electrons. The molecule has 3 aromatic rings. The normalized spacial score (nSPS) is 10.8. The highest BCUT2D eigenvalue weighted by Gasteiger charge is 2.17. The molecule has 1 heterocycles. The number of aromatic nitrogens is 2. The van der Waals surface area contributed by atoms with Crippen LogP contribution in [0.1, 0.15) is 50.8 Å². The summed E-state index contributed by atoms with van der Waals surface area (Å²) in [7, 11) is 0. The molecule has 34 heavy (non-hydrogen) atoms. The minimum atomic E-state index is -0.278. The Balaban J connectivity index is 1.87. The molecule has 0 saturated carbocycles. The van der Waals surface area contributed by atoms with Crippen LogP contribution in [-0.2, 0) is 22.5 Å². The highest BCUT2D eigenvalue weighted by Crippen LogP contribution is 2.30. The van der Waals surface area contributed by atoms with Gasteiger partial charge in [-0.15, -0.1) is 0 Å². The Kier molecular flexibility index (Phi) is 8.77. The van der Waals surface area contributed by atoms with Crippen molar-refractivity contribution in [2.45, 2.75) is 53.2 Å². The Morgan fingerprint density at radius 1 is 1.24 bits per heavy atom. The van der Waals surface area contributed by atoms with Crippen LogP contribution < -0.4 is 10.1 Å². The van der Waals surface area contributed by atoms with Gasteiger partial charge in [0.25, 0.3) is 5.89 Å². The van der Waals surface area contributed by atoms with Gasteiger partial charge in [-0.1, -0.05) is 36.7 Å². The number of benzene rings is 2. The number of nitrogens with zero attached hydrogens (tertiary/aromatic N) is 3. The van der Waals surface area contributed by atoms with Crippen molar-refractivity contribution >= 4 is 5.97 Å². The second-order valence-electron chi connectivity index (χ2n) is 8.01. The van der Waals surface area contributed by atoms with Gasteiger partial charge in [0.1, 0.15) is 11.8 Å². The molecule has 2 aromatic carbocycles. The smallest absolute Gasteiger partial charge is 0.319 e. The van der Waals surface area contributed by atoms with Crippen LogP contribution in [0, 0.1) is 11.3 Å². The molecule has 0 bridgehead atoms. The zero-order valence-corrected chi connectivity index (χ0v) is 20.1. The molecule has 0 aliphatic carbocycles. The van der Waals surface area contributed by atoms with Gasteiger partial charge in [-0.2, -0.15) is 10.2 Å². The monoisotopic (exact) mass is 462 g/mol. The molecule has 1 N–H and O–H groups in total. The summed E-state index contributed by atoms with van der Waals surface area (Å²) in [5, 5.41) is 16.9. The number of nitriles is 1. The van der Waals surface area contributed by atoms with E-state index in [0.29, 0.717) is 41.7 Å². The lowest BCUT2D eigenvalue weighted by atomic mass is 9.96. The molecule has 0 amide bonds. The standard InChI is InChI=1S/C26H30N4O4/c1-5-8-21-19(15-28-16-24(31)32-6-2)9-7-10-22(21)25-29-26(34-30-25)18-11-12-23(33-17(3)4)20(13-18)14-27/h7,9-13,17,28H,5-6,8,15-16H2,1-4H3. The molecule has 0 aliphatic rings. The van der Waals surface area contributed by atoms with Gasteiger partial charge in [0.15, 0.2) is 0 Å². The van der Waals surface area contributed by atoms with Crippen molar-refractivity contribution in [1.82, 2.24) is 15.5 Å². The fraction of sp³-hybridized carbons (Fsp3) is 0.385. The molecule has 0 radical (unpaired) electrons. The molecule has 0 fully saturated rings. The van der Waals surface area contributed by atoms with Crippen molar-refractivity contribution in [3.05, 3.63) is 53.1 Å². The molecule has 0 atom stereocenters. The third-order valence-electron chi connectivity index (χ3n) is 5.04. The number of carbonyl (C=O) groups is 1. The van der Waals surface area contributed by atoms with Crippen LogP contribution in [0.15, 0.2) is 40.9 Å². The summed E-state index contributed by atoms with van der Waals surface area (Å²) in [5.41, 5.74) is 4.11. The molecule has 8 heteroatoms. The molecule has 0 saturated heterocycles. The lowest BCUT2D eigenvalue weighted by Crippen LogP contribution is -2.24. The summed E-state index contributed by atoms with van der Waals surface area (Å²) >= 11 is 0. The Bertz CT molecular complexity index is 1160. The minimum Gasteiger partial charge on any atom is -0.490 e. The van der Waals surface area contributed by atoms with Crippen LogP contribution in [0.4, 0.5) is 0 Å². The van der Waals surface area contributed by atoms with Crippen LogP contribution >= 0.6 is 0 Å².